The van der Waals surface area contributed by atoms with Crippen LogP contribution in [0.4, 0.5) is 5.69 Å². The van der Waals surface area contributed by atoms with E-state index in [0.29, 0.717) is 0 Å². The van der Waals surface area contributed by atoms with Crippen molar-refractivity contribution in [2.24, 2.45) is 0 Å². The molecule has 2 heteroatoms. The molecule has 0 spiro atoms. The Hall–Kier alpha value is -1.41. The van der Waals surface area contributed by atoms with Gasteiger partial charge in [-0.05, 0) is 42.7 Å². The van der Waals surface area contributed by atoms with Gasteiger partial charge in [-0.1, -0.05) is 43.7 Å². The first-order chi connectivity index (χ1) is 9.88. The van der Waals surface area contributed by atoms with Crippen LogP contribution in [0.5, 0.6) is 0 Å². The Balaban J connectivity index is 1.69. The molecular weight excluding hydrogens is 262 g/mol. The number of benzene rings is 2. The molecule has 0 unspecified atom stereocenters. The third-order valence-electron chi connectivity index (χ3n) is 3.22. The molecule has 0 aliphatic heterocycles. The lowest BCUT2D eigenvalue weighted by atomic mass is 10.1. The van der Waals surface area contributed by atoms with Gasteiger partial charge in [0, 0.05) is 22.9 Å². The van der Waals surface area contributed by atoms with E-state index in [-0.39, 0.29) is 0 Å². The van der Waals surface area contributed by atoms with Crippen LogP contribution in [-0.2, 0) is 6.42 Å². The van der Waals surface area contributed by atoms with Gasteiger partial charge in [0.2, 0.25) is 0 Å². The van der Waals surface area contributed by atoms with E-state index in [1.54, 1.807) is 0 Å². The van der Waals surface area contributed by atoms with Crippen LogP contribution >= 0.6 is 11.8 Å². The number of rotatable bonds is 8. The van der Waals surface area contributed by atoms with Gasteiger partial charge >= 0.3 is 0 Å². The fourth-order valence-corrected chi connectivity index (χ4v) is 2.84. The first kappa shape index (κ1) is 15.0. The van der Waals surface area contributed by atoms with Gasteiger partial charge in [-0.25, -0.2) is 0 Å². The first-order valence-electron chi connectivity index (χ1n) is 7.39. The molecular formula is C18H23NS. The van der Waals surface area contributed by atoms with Gasteiger partial charge in [0.1, 0.15) is 0 Å². The highest BCUT2D eigenvalue weighted by Crippen LogP contribution is 2.17. The van der Waals surface area contributed by atoms with E-state index in [9.17, 15) is 0 Å². The predicted molar refractivity (Wildman–Crippen MR) is 90.7 cm³/mol. The zero-order valence-electron chi connectivity index (χ0n) is 12.1. The minimum Gasteiger partial charge on any atom is -0.384 e. The topological polar surface area (TPSA) is 12.0 Å². The van der Waals surface area contributed by atoms with Crippen molar-refractivity contribution in [1.82, 2.24) is 0 Å². The second-order valence-corrected chi connectivity index (χ2v) is 6.06. The van der Waals surface area contributed by atoms with Crippen molar-refractivity contribution in [3.8, 4) is 0 Å². The minimum atomic E-state index is 0.994. The molecule has 0 heterocycles. The average Bonchev–Trinajstić information content (AvgIpc) is 2.52. The van der Waals surface area contributed by atoms with Crippen LogP contribution in [0.25, 0.3) is 0 Å². The molecule has 0 saturated heterocycles. The van der Waals surface area contributed by atoms with Crippen LogP contribution in [0.1, 0.15) is 25.3 Å². The maximum Gasteiger partial charge on any atom is 0.0340 e. The Morgan fingerprint density at radius 1 is 0.950 bits per heavy atom. The smallest absolute Gasteiger partial charge is 0.0340 e. The van der Waals surface area contributed by atoms with Crippen molar-refractivity contribution in [2.45, 2.75) is 31.1 Å². The highest BCUT2D eigenvalue weighted by molar-refractivity contribution is 7.99. The van der Waals surface area contributed by atoms with Crippen molar-refractivity contribution in [1.29, 1.82) is 0 Å². The summed E-state index contributed by atoms with van der Waals surface area (Å²) in [5.74, 6) is 1.08. The summed E-state index contributed by atoms with van der Waals surface area (Å²) < 4.78 is 0. The molecule has 106 valence electrons. The molecule has 2 aromatic carbocycles. The van der Waals surface area contributed by atoms with E-state index < -0.39 is 0 Å². The summed E-state index contributed by atoms with van der Waals surface area (Å²) >= 11 is 1.89. The first-order valence-corrected chi connectivity index (χ1v) is 8.37. The van der Waals surface area contributed by atoms with Gasteiger partial charge in [-0.15, -0.1) is 11.8 Å². The van der Waals surface area contributed by atoms with Crippen molar-refractivity contribution in [3.63, 3.8) is 0 Å². The Morgan fingerprint density at radius 2 is 1.70 bits per heavy atom. The summed E-state index contributed by atoms with van der Waals surface area (Å²) in [6, 6.07) is 19.4. The number of nitrogens with one attached hydrogen (secondary N) is 1. The van der Waals surface area contributed by atoms with E-state index in [1.165, 1.54) is 35.4 Å². The summed E-state index contributed by atoms with van der Waals surface area (Å²) in [6.07, 6.45) is 3.73. The number of aryl methyl sites for hydroxylation is 1. The molecule has 0 bridgehead atoms. The van der Waals surface area contributed by atoms with Crippen molar-refractivity contribution in [3.05, 3.63) is 60.2 Å². The number of unbranched alkanes of at least 4 members (excludes halogenated alkanes) is 1. The van der Waals surface area contributed by atoms with E-state index in [0.717, 1.165) is 12.3 Å². The minimum absolute atomic E-state index is 0.994. The summed E-state index contributed by atoms with van der Waals surface area (Å²) in [5.41, 5.74) is 2.66. The molecule has 2 aromatic rings. The summed E-state index contributed by atoms with van der Waals surface area (Å²) in [6.45, 7) is 3.23. The number of hydrogen-bond donors (Lipinski definition) is 1. The molecule has 1 nitrogen and oxygen atoms in total. The van der Waals surface area contributed by atoms with E-state index in [4.69, 9.17) is 0 Å². The van der Waals surface area contributed by atoms with Gasteiger partial charge in [0.25, 0.3) is 0 Å². The Bertz CT molecular complexity index is 479. The van der Waals surface area contributed by atoms with Crippen LogP contribution in [0.3, 0.4) is 0 Å². The van der Waals surface area contributed by atoms with Gasteiger partial charge in [0.15, 0.2) is 0 Å². The van der Waals surface area contributed by atoms with Gasteiger partial charge < -0.3 is 5.32 Å². The van der Waals surface area contributed by atoms with E-state index in [1.807, 2.05) is 11.8 Å². The maximum atomic E-state index is 3.48. The molecule has 2 rings (SSSR count). The molecule has 0 atom stereocenters. The van der Waals surface area contributed by atoms with Crippen LogP contribution in [-0.4, -0.2) is 12.3 Å². The highest BCUT2D eigenvalue weighted by atomic mass is 32.2. The Morgan fingerprint density at radius 3 is 2.40 bits per heavy atom. The van der Waals surface area contributed by atoms with Gasteiger partial charge in [-0.3, -0.25) is 0 Å². The van der Waals surface area contributed by atoms with Gasteiger partial charge in [0.05, 0.1) is 0 Å². The standard InChI is InChI=1S/C18H23NS/c1-2-3-7-16-10-12-17(13-11-16)19-14-15-20-18-8-5-4-6-9-18/h4-6,8-13,19H,2-3,7,14-15H2,1H3. The lowest BCUT2D eigenvalue weighted by molar-refractivity contribution is 0.795. The van der Waals surface area contributed by atoms with Crippen LogP contribution in [0, 0.1) is 0 Å². The zero-order valence-corrected chi connectivity index (χ0v) is 13.0. The lowest BCUT2D eigenvalue weighted by Gasteiger charge is -2.07. The van der Waals surface area contributed by atoms with Gasteiger partial charge in [-0.2, -0.15) is 0 Å². The predicted octanol–water partition coefficient (Wildman–Crippen LogP) is 5.23. The number of hydrogen-bond acceptors (Lipinski definition) is 2. The molecule has 0 radical (unpaired) electrons. The van der Waals surface area contributed by atoms with Crippen LogP contribution < -0.4 is 5.32 Å². The molecule has 0 aliphatic rings. The highest BCUT2D eigenvalue weighted by Gasteiger charge is 1.96. The van der Waals surface area contributed by atoms with Crippen LogP contribution in [0.2, 0.25) is 0 Å². The normalized spacial score (nSPS) is 10.4. The third-order valence-corrected chi connectivity index (χ3v) is 4.23. The van der Waals surface area contributed by atoms with Crippen LogP contribution in [0.15, 0.2) is 59.5 Å². The molecule has 1 N–H and O–H groups in total. The average molecular weight is 285 g/mol. The van der Waals surface area contributed by atoms with Crippen molar-refractivity contribution in [2.75, 3.05) is 17.6 Å². The van der Waals surface area contributed by atoms with Crippen molar-refractivity contribution < 1.29 is 0 Å². The quantitative estimate of drug-likeness (QED) is 0.526. The van der Waals surface area contributed by atoms with Crippen molar-refractivity contribution >= 4 is 17.4 Å². The summed E-state index contributed by atoms with van der Waals surface area (Å²) in [4.78, 5) is 1.34. The molecule has 0 saturated carbocycles. The summed E-state index contributed by atoms with van der Waals surface area (Å²) in [7, 11) is 0. The maximum absolute atomic E-state index is 3.48. The fourth-order valence-electron chi connectivity index (χ4n) is 2.05. The number of thioether (sulfide) groups is 1. The second-order valence-electron chi connectivity index (χ2n) is 4.89. The largest absolute Gasteiger partial charge is 0.384 e. The molecule has 0 fully saturated rings. The molecule has 20 heavy (non-hydrogen) atoms. The monoisotopic (exact) mass is 285 g/mol. The second kappa shape index (κ2) is 8.70. The Kier molecular flexibility index (Phi) is 6.52. The molecule has 0 aliphatic carbocycles. The lowest BCUT2D eigenvalue weighted by Crippen LogP contribution is -2.03. The third kappa shape index (κ3) is 5.30. The SMILES string of the molecule is CCCCc1ccc(NCCSc2ccccc2)cc1. The summed E-state index contributed by atoms with van der Waals surface area (Å²) in [5, 5.41) is 3.48. The van der Waals surface area contributed by atoms with E-state index >= 15 is 0 Å². The molecule has 0 amide bonds. The van der Waals surface area contributed by atoms with E-state index in [2.05, 4.69) is 66.8 Å². The zero-order chi connectivity index (χ0) is 14.0. The fraction of sp³-hybridized carbons (Fsp3) is 0.333. The Labute approximate surface area is 126 Å². The number of anilines is 1. The molecule has 0 aromatic heterocycles.